The predicted octanol–water partition coefficient (Wildman–Crippen LogP) is 1.23. The van der Waals surface area contributed by atoms with Gasteiger partial charge in [-0.1, -0.05) is 0 Å². The molecule has 5 heteroatoms. The van der Waals surface area contributed by atoms with Crippen molar-refractivity contribution in [3.63, 3.8) is 0 Å². The minimum Gasteiger partial charge on any atom is -0.370 e. The highest BCUT2D eigenvalue weighted by atomic mass is 16.1. The Hall–Kier alpha value is -1.36. The van der Waals surface area contributed by atoms with Crippen LogP contribution in [0.25, 0.3) is 0 Å². The molecule has 0 amide bonds. The zero-order valence-corrected chi connectivity index (χ0v) is 11.8. The first kappa shape index (κ1) is 14.1. The zero-order valence-electron chi connectivity index (χ0n) is 11.8. The molecule has 1 fully saturated rings. The Labute approximate surface area is 114 Å². The highest BCUT2D eigenvalue weighted by Gasteiger charge is 2.12. The third-order valence-electron chi connectivity index (χ3n) is 3.62. The third-order valence-corrected chi connectivity index (χ3v) is 3.62. The van der Waals surface area contributed by atoms with Crippen molar-refractivity contribution < 1.29 is 0 Å². The van der Waals surface area contributed by atoms with Crippen LogP contribution in [0.1, 0.15) is 32.1 Å². The number of anilines is 1. The number of hydrogen-bond donors (Lipinski definition) is 1. The standard InChI is InChI=1S/C14H24N4O/c1-15-7-3-6-10-18-14(19)11-13(12-16-18)17-8-4-2-5-9-17/h11-12,15H,2-10H2,1H3. The molecule has 0 bridgehead atoms. The van der Waals surface area contributed by atoms with Gasteiger partial charge in [0.1, 0.15) is 0 Å². The number of hydrogen-bond acceptors (Lipinski definition) is 4. The lowest BCUT2D eigenvalue weighted by molar-refractivity contribution is 0.521. The lowest BCUT2D eigenvalue weighted by atomic mass is 10.1. The number of nitrogens with zero attached hydrogens (tertiary/aromatic N) is 3. The molecule has 0 spiro atoms. The van der Waals surface area contributed by atoms with Crippen LogP contribution in [-0.4, -0.2) is 36.5 Å². The molecule has 106 valence electrons. The fourth-order valence-corrected chi connectivity index (χ4v) is 2.48. The van der Waals surface area contributed by atoms with E-state index in [-0.39, 0.29) is 5.56 Å². The maximum absolute atomic E-state index is 12.0. The molecule has 1 aliphatic heterocycles. The van der Waals surface area contributed by atoms with E-state index < -0.39 is 0 Å². The van der Waals surface area contributed by atoms with E-state index in [9.17, 15) is 4.79 Å². The van der Waals surface area contributed by atoms with Crippen molar-refractivity contribution in [3.8, 4) is 0 Å². The first-order valence-corrected chi connectivity index (χ1v) is 7.28. The van der Waals surface area contributed by atoms with Crippen LogP contribution in [0.15, 0.2) is 17.1 Å². The molecule has 0 unspecified atom stereocenters. The van der Waals surface area contributed by atoms with Gasteiger partial charge in [0.25, 0.3) is 5.56 Å². The summed E-state index contributed by atoms with van der Waals surface area (Å²) in [6, 6.07) is 1.73. The van der Waals surface area contributed by atoms with Gasteiger partial charge < -0.3 is 10.2 Å². The molecule has 1 aromatic heterocycles. The van der Waals surface area contributed by atoms with E-state index in [4.69, 9.17) is 0 Å². The van der Waals surface area contributed by atoms with Crippen molar-refractivity contribution in [1.82, 2.24) is 15.1 Å². The van der Waals surface area contributed by atoms with E-state index in [0.29, 0.717) is 6.54 Å². The van der Waals surface area contributed by atoms with Gasteiger partial charge in [-0.25, -0.2) is 4.68 Å². The summed E-state index contributed by atoms with van der Waals surface area (Å²) >= 11 is 0. The highest BCUT2D eigenvalue weighted by molar-refractivity contribution is 5.43. The molecule has 5 nitrogen and oxygen atoms in total. The molecule has 0 aliphatic carbocycles. The summed E-state index contributed by atoms with van der Waals surface area (Å²) in [5, 5.41) is 7.40. The molecule has 2 rings (SSSR count). The molecule has 0 atom stereocenters. The van der Waals surface area contributed by atoms with Crippen molar-refractivity contribution in [2.45, 2.75) is 38.6 Å². The number of rotatable bonds is 6. The van der Waals surface area contributed by atoms with Gasteiger partial charge in [-0.3, -0.25) is 4.79 Å². The van der Waals surface area contributed by atoms with Gasteiger partial charge in [-0.05, 0) is 45.7 Å². The summed E-state index contributed by atoms with van der Waals surface area (Å²) in [6.07, 6.45) is 7.62. The minimum atomic E-state index is 0.0209. The van der Waals surface area contributed by atoms with Crippen molar-refractivity contribution >= 4 is 5.69 Å². The molecular weight excluding hydrogens is 240 g/mol. The summed E-state index contributed by atoms with van der Waals surface area (Å²) in [5.41, 5.74) is 1.00. The summed E-state index contributed by atoms with van der Waals surface area (Å²) in [7, 11) is 1.94. The van der Waals surface area contributed by atoms with Crippen LogP contribution in [-0.2, 0) is 6.54 Å². The molecule has 1 saturated heterocycles. The van der Waals surface area contributed by atoms with Gasteiger partial charge in [0.15, 0.2) is 0 Å². The SMILES string of the molecule is CNCCCCn1ncc(N2CCCCC2)cc1=O. The molecule has 1 aliphatic rings. The second kappa shape index (κ2) is 7.28. The number of piperidine rings is 1. The average Bonchev–Trinajstić information content (AvgIpc) is 2.46. The first-order chi connectivity index (χ1) is 9.31. The second-order valence-electron chi connectivity index (χ2n) is 5.13. The second-order valence-corrected chi connectivity index (χ2v) is 5.13. The lowest BCUT2D eigenvalue weighted by Gasteiger charge is -2.28. The quantitative estimate of drug-likeness (QED) is 0.785. The molecule has 0 saturated carbocycles. The van der Waals surface area contributed by atoms with Crippen LogP contribution in [0, 0.1) is 0 Å². The Balaban J connectivity index is 1.94. The van der Waals surface area contributed by atoms with Crippen LogP contribution in [0.2, 0.25) is 0 Å². The minimum absolute atomic E-state index is 0.0209. The van der Waals surface area contributed by atoms with E-state index >= 15 is 0 Å². The van der Waals surface area contributed by atoms with E-state index in [1.807, 2.05) is 13.2 Å². The monoisotopic (exact) mass is 264 g/mol. The molecule has 1 N–H and O–H groups in total. The van der Waals surface area contributed by atoms with E-state index in [1.165, 1.54) is 19.3 Å². The van der Waals surface area contributed by atoms with Crippen LogP contribution in [0.4, 0.5) is 5.69 Å². The van der Waals surface area contributed by atoms with Crippen LogP contribution >= 0.6 is 0 Å². The van der Waals surface area contributed by atoms with Crippen LogP contribution in [0.3, 0.4) is 0 Å². The molecule has 19 heavy (non-hydrogen) atoms. The van der Waals surface area contributed by atoms with Crippen LogP contribution in [0.5, 0.6) is 0 Å². The van der Waals surface area contributed by atoms with E-state index in [0.717, 1.165) is 38.2 Å². The molecule has 0 aromatic carbocycles. The maximum Gasteiger partial charge on any atom is 0.268 e. The van der Waals surface area contributed by atoms with Gasteiger partial charge in [0.2, 0.25) is 0 Å². The maximum atomic E-state index is 12.0. The van der Waals surface area contributed by atoms with Gasteiger partial charge >= 0.3 is 0 Å². The Morgan fingerprint density at radius 3 is 2.74 bits per heavy atom. The molecule has 2 heterocycles. The highest BCUT2D eigenvalue weighted by Crippen LogP contribution is 2.16. The topological polar surface area (TPSA) is 50.2 Å². The first-order valence-electron chi connectivity index (χ1n) is 7.28. The number of aromatic nitrogens is 2. The number of nitrogens with one attached hydrogen (secondary N) is 1. The lowest BCUT2D eigenvalue weighted by Crippen LogP contribution is -2.32. The fraction of sp³-hybridized carbons (Fsp3) is 0.714. The normalized spacial score (nSPS) is 15.7. The Bertz CT molecular complexity index is 437. The largest absolute Gasteiger partial charge is 0.370 e. The van der Waals surface area contributed by atoms with Gasteiger partial charge in [0.05, 0.1) is 11.9 Å². The van der Waals surface area contributed by atoms with Crippen LogP contribution < -0.4 is 15.8 Å². The van der Waals surface area contributed by atoms with Crippen molar-refractivity contribution in [2.75, 3.05) is 31.6 Å². The number of unbranched alkanes of at least 4 members (excludes halogenated alkanes) is 1. The summed E-state index contributed by atoms with van der Waals surface area (Å²) < 4.78 is 1.57. The zero-order chi connectivity index (χ0) is 13.5. The fourth-order valence-electron chi connectivity index (χ4n) is 2.48. The van der Waals surface area contributed by atoms with Crippen molar-refractivity contribution in [2.24, 2.45) is 0 Å². The summed E-state index contributed by atoms with van der Waals surface area (Å²) in [4.78, 5) is 14.3. The predicted molar refractivity (Wildman–Crippen MR) is 77.7 cm³/mol. The third kappa shape index (κ3) is 4.06. The Morgan fingerprint density at radius 1 is 1.26 bits per heavy atom. The smallest absolute Gasteiger partial charge is 0.268 e. The van der Waals surface area contributed by atoms with Gasteiger partial charge in [-0.15, -0.1) is 0 Å². The molecule has 0 radical (unpaired) electrons. The van der Waals surface area contributed by atoms with Crippen molar-refractivity contribution in [1.29, 1.82) is 0 Å². The van der Waals surface area contributed by atoms with Gasteiger partial charge in [0, 0.05) is 25.7 Å². The van der Waals surface area contributed by atoms with E-state index in [2.05, 4.69) is 15.3 Å². The van der Waals surface area contributed by atoms with E-state index in [1.54, 1.807) is 10.7 Å². The number of aryl methyl sites for hydroxylation is 1. The molecule has 1 aromatic rings. The van der Waals surface area contributed by atoms with Gasteiger partial charge in [-0.2, -0.15) is 5.10 Å². The Morgan fingerprint density at radius 2 is 2.05 bits per heavy atom. The Kier molecular flexibility index (Phi) is 5.39. The van der Waals surface area contributed by atoms with Crippen molar-refractivity contribution in [3.05, 3.63) is 22.6 Å². The molecular formula is C14H24N4O. The summed E-state index contributed by atoms with van der Waals surface area (Å²) in [6.45, 7) is 3.79. The average molecular weight is 264 g/mol. The summed E-state index contributed by atoms with van der Waals surface area (Å²) in [5.74, 6) is 0.